The van der Waals surface area contributed by atoms with Gasteiger partial charge in [0.15, 0.2) is 11.6 Å². The molecule has 4 aliphatic carbocycles. The Kier molecular flexibility index (Phi) is 2.61. The molecule has 4 saturated carbocycles. The van der Waals surface area contributed by atoms with Gasteiger partial charge in [-0.1, -0.05) is 37.4 Å². The summed E-state index contributed by atoms with van der Waals surface area (Å²) < 4.78 is 0. The Bertz CT molecular complexity index is 746. The topological polar surface area (TPSA) is 34.1 Å². The molecule has 0 saturated heterocycles. The van der Waals surface area contributed by atoms with Gasteiger partial charge in [-0.3, -0.25) is 9.59 Å². The minimum atomic E-state index is -0.334. The first kappa shape index (κ1) is 14.4. The quantitative estimate of drug-likeness (QED) is 0.771. The molecule has 4 atom stereocenters. The van der Waals surface area contributed by atoms with Crippen molar-refractivity contribution < 1.29 is 9.59 Å². The van der Waals surface area contributed by atoms with Crippen molar-refractivity contribution in [2.24, 2.45) is 11.8 Å². The van der Waals surface area contributed by atoms with Gasteiger partial charge in [0.2, 0.25) is 0 Å². The molecule has 0 radical (unpaired) electrons. The highest BCUT2D eigenvalue weighted by Gasteiger charge is 2.56. The van der Waals surface area contributed by atoms with Crippen molar-refractivity contribution in [3.63, 3.8) is 0 Å². The molecule has 0 amide bonds. The highest BCUT2D eigenvalue weighted by molar-refractivity contribution is 6.08. The van der Waals surface area contributed by atoms with Crippen LogP contribution < -0.4 is 0 Å². The molecule has 4 unspecified atom stereocenters. The zero-order valence-electron chi connectivity index (χ0n) is 13.9. The lowest BCUT2D eigenvalue weighted by Gasteiger charge is -2.29. The highest BCUT2D eigenvalue weighted by Crippen LogP contribution is 2.57. The van der Waals surface area contributed by atoms with Gasteiger partial charge in [-0.05, 0) is 72.6 Å². The van der Waals surface area contributed by atoms with Crippen LogP contribution >= 0.6 is 0 Å². The van der Waals surface area contributed by atoms with Gasteiger partial charge in [0.25, 0.3) is 0 Å². The smallest absolute Gasteiger partial charge is 0.169 e. The number of allylic oxidation sites excluding steroid dienone is 2. The van der Waals surface area contributed by atoms with Crippen molar-refractivity contribution in [3.05, 3.63) is 59.7 Å². The number of benzene rings is 1. The van der Waals surface area contributed by atoms with E-state index < -0.39 is 0 Å². The van der Waals surface area contributed by atoms with Gasteiger partial charge in [0.05, 0.1) is 10.8 Å². The van der Waals surface area contributed by atoms with E-state index in [0.29, 0.717) is 11.8 Å². The molecule has 0 aromatic heterocycles. The average molecular weight is 318 g/mol. The van der Waals surface area contributed by atoms with E-state index in [1.165, 1.54) is 0 Å². The molecule has 1 aromatic rings. The van der Waals surface area contributed by atoms with E-state index in [2.05, 4.69) is 37.4 Å². The first-order chi connectivity index (χ1) is 11.5. The van der Waals surface area contributed by atoms with Gasteiger partial charge in [-0.25, -0.2) is 0 Å². The van der Waals surface area contributed by atoms with Gasteiger partial charge in [-0.2, -0.15) is 0 Å². The van der Waals surface area contributed by atoms with E-state index in [-0.39, 0.29) is 22.4 Å². The normalized spacial score (nSPS) is 40.2. The standard InChI is InChI=1S/C22H22O2/c1-13-15-7-9-21(11-15,19(13)23)17-3-5-18(6-4-17)22-10-8-16(12-22)14(2)20(22)24/h3-6,15-16H,1-2,7-12H2. The third kappa shape index (κ3) is 1.48. The monoisotopic (exact) mass is 318 g/mol. The van der Waals surface area contributed by atoms with Crippen LogP contribution in [0.4, 0.5) is 0 Å². The van der Waals surface area contributed by atoms with Crippen molar-refractivity contribution in [1.29, 1.82) is 0 Å². The van der Waals surface area contributed by atoms with Crippen molar-refractivity contribution in [2.75, 3.05) is 0 Å². The fourth-order valence-corrected chi connectivity index (χ4v) is 5.98. The number of carbonyl (C=O) groups is 2. The fraction of sp³-hybridized carbons (Fsp3) is 0.455. The number of hydrogen-bond acceptors (Lipinski definition) is 2. The van der Waals surface area contributed by atoms with Crippen LogP contribution in [0, 0.1) is 11.8 Å². The number of Topliss-reactive ketones (excluding diaryl/α,β-unsaturated/α-hetero) is 2. The maximum Gasteiger partial charge on any atom is 0.169 e. The SMILES string of the molecule is C=C1C(=O)C2(c3ccc(C45CCC(C4)C(=C)C5=O)cc3)CCC1C2. The Morgan fingerprint density at radius 2 is 1.12 bits per heavy atom. The predicted octanol–water partition coefficient (Wildman–Crippen LogP) is 4.04. The molecule has 2 nitrogen and oxygen atoms in total. The molecule has 0 aliphatic heterocycles. The Morgan fingerprint density at radius 3 is 1.42 bits per heavy atom. The van der Waals surface area contributed by atoms with Crippen LogP contribution in [-0.2, 0) is 20.4 Å². The lowest BCUT2D eigenvalue weighted by Crippen LogP contribution is -2.32. The molecular weight excluding hydrogens is 296 g/mol. The average Bonchev–Trinajstić information content (AvgIpc) is 3.33. The van der Waals surface area contributed by atoms with Crippen molar-refractivity contribution in [3.8, 4) is 0 Å². The summed E-state index contributed by atoms with van der Waals surface area (Å²) in [5.74, 6) is 1.25. The van der Waals surface area contributed by atoms with Crippen LogP contribution in [0.5, 0.6) is 0 Å². The molecule has 24 heavy (non-hydrogen) atoms. The van der Waals surface area contributed by atoms with Gasteiger partial charge >= 0.3 is 0 Å². The molecule has 0 N–H and O–H groups in total. The zero-order chi connectivity index (χ0) is 16.7. The maximum atomic E-state index is 12.7. The number of fused-ring (bicyclic) bond motifs is 4. The summed E-state index contributed by atoms with van der Waals surface area (Å²) in [6, 6.07) is 8.41. The maximum absolute atomic E-state index is 12.7. The summed E-state index contributed by atoms with van der Waals surface area (Å²) in [7, 11) is 0. The molecule has 4 aliphatic rings. The number of rotatable bonds is 2. The van der Waals surface area contributed by atoms with Crippen molar-refractivity contribution in [2.45, 2.75) is 49.4 Å². The lowest BCUT2D eigenvalue weighted by atomic mass is 9.72. The second-order valence-corrected chi connectivity index (χ2v) is 8.33. The van der Waals surface area contributed by atoms with Gasteiger partial charge in [0.1, 0.15) is 0 Å². The van der Waals surface area contributed by atoms with Crippen LogP contribution in [0.1, 0.15) is 49.7 Å². The van der Waals surface area contributed by atoms with Gasteiger partial charge < -0.3 is 0 Å². The molecule has 2 heteroatoms. The molecule has 1 aromatic carbocycles. The molecule has 0 spiro atoms. The van der Waals surface area contributed by atoms with E-state index in [4.69, 9.17) is 0 Å². The third-order valence-corrected chi connectivity index (χ3v) is 7.46. The second-order valence-electron chi connectivity index (χ2n) is 8.33. The molecule has 4 fully saturated rings. The lowest BCUT2D eigenvalue weighted by molar-refractivity contribution is -0.120. The highest BCUT2D eigenvalue weighted by atomic mass is 16.1. The summed E-state index contributed by atoms with van der Waals surface area (Å²) in [5, 5.41) is 0. The second kappa shape index (κ2) is 4.36. The van der Waals surface area contributed by atoms with Crippen LogP contribution in [0.25, 0.3) is 0 Å². The third-order valence-electron chi connectivity index (χ3n) is 7.46. The minimum absolute atomic E-state index is 0.246. The Hall–Kier alpha value is -1.96. The molecule has 122 valence electrons. The van der Waals surface area contributed by atoms with Crippen LogP contribution in [0.2, 0.25) is 0 Å². The fourth-order valence-electron chi connectivity index (χ4n) is 5.98. The van der Waals surface area contributed by atoms with E-state index in [9.17, 15) is 9.59 Å². The van der Waals surface area contributed by atoms with E-state index in [1.54, 1.807) is 0 Å². The van der Waals surface area contributed by atoms with Gasteiger partial charge in [0, 0.05) is 0 Å². The summed E-state index contributed by atoms with van der Waals surface area (Å²) in [6.45, 7) is 8.03. The van der Waals surface area contributed by atoms with Crippen molar-refractivity contribution in [1.82, 2.24) is 0 Å². The molecule has 0 heterocycles. The van der Waals surface area contributed by atoms with Crippen LogP contribution in [0.15, 0.2) is 48.6 Å². The minimum Gasteiger partial charge on any atom is -0.294 e. The van der Waals surface area contributed by atoms with E-state index in [0.717, 1.165) is 60.8 Å². The molecule has 4 bridgehead atoms. The van der Waals surface area contributed by atoms with Crippen LogP contribution in [0.3, 0.4) is 0 Å². The number of ketones is 2. The zero-order valence-corrected chi connectivity index (χ0v) is 13.9. The summed E-state index contributed by atoms with van der Waals surface area (Å²) in [6.07, 6.45) is 5.89. The molecular formula is C22H22O2. The first-order valence-electron chi connectivity index (χ1n) is 9.06. The Morgan fingerprint density at radius 1 is 0.750 bits per heavy atom. The largest absolute Gasteiger partial charge is 0.294 e. The summed E-state index contributed by atoms with van der Waals surface area (Å²) in [5.41, 5.74) is 3.22. The predicted molar refractivity (Wildman–Crippen MR) is 92.8 cm³/mol. The first-order valence-corrected chi connectivity index (χ1v) is 9.06. The van der Waals surface area contributed by atoms with E-state index in [1.807, 2.05) is 0 Å². The Labute approximate surface area is 142 Å². The summed E-state index contributed by atoms with van der Waals surface area (Å²) in [4.78, 5) is 25.4. The summed E-state index contributed by atoms with van der Waals surface area (Å²) >= 11 is 0. The number of hydrogen-bond donors (Lipinski definition) is 0. The van der Waals surface area contributed by atoms with Crippen molar-refractivity contribution >= 4 is 11.6 Å². The molecule has 5 rings (SSSR count). The van der Waals surface area contributed by atoms with Crippen LogP contribution in [-0.4, -0.2) is 11.6 Å². The van der Waals surface area contributed by atoms with E-state index >= 15 is 0 Å². The Balaban J connectivity index is 1.53. The van der Waals surface area contributed by atoms with Gasteiger partial charge in [-0.15, -0.1) is 0 Å². The number of carbonyl (C=O) groups excluding carboxylic acids is 2.